The van der Waals surface area contributed by atoms with Gasteiger partial charge in [0.25, 0.3) is 5.91 Å². The summed E-state index contributed by atoms with van der Waals surface area (Å²) in [6.07, 6.45) is 1.41. The third-order valence-corrected chi connectivity index (χ3v) is 5.02. The minimum Gasteiger partial charge on any atom is -0.475 e. The molecule has 1 aromatic carbocycles. The average Bonchev–Trinajstić information content (AvgIpc) is 3.24. The molecule has 0 aliphatic carbocycles. The normalized spacial score (nSPS) is 13.3. The van der Waals surface area contributed by atoms with E-state index in [1.165, 1.54) is 5.56 Å². The van der Waals surface area contributed by atoms with Crippen LogP contribution in [-0.2, 0) is 29.1 Å². The van der Waals surface area contributed by atoms with Crippen LogP contribution in [0.1, 0.15) is 34.0 Å². The molecule has 3 heterocycles. The highest BCUT2D eigenvalue weighted by Gasteiger charge is 2.38. The van der Waals surface area contributed by atoms with Gasteiger partial charge in [-0.3, -0.25) is 9.78 Å². The van der Waals surface area contributed by atoms with Crippen molar-refractivity contribution in [2.24, 2.45) is 0 Å². The number of ether oxygens (including phenoxy) is 1. The fourth-order valence-electron chi connectivity index (χ4n) is 3.45. The number of alkyl halides is 3. The first-order valence-electron chi connectivity index (χ1n) is 9.89. The van der Waals surface area contributed by atoms with E-state index in [4.69, 9.17) is 14.6 Å². The lowest BCUT2D eigenvalue weighted by Crippen LogP contribution is -2.36. The van der Waals surface area contributed by atoms with Crippen molar-refractivity contribution in [3.05, 3.63) is 65.1 Å². The van der Waals surface area contributed by atoms with Crippen molar-refractivity contribution in [2.45, 2.75) is 32.7 Å². The van der Waals surface area contributed by atoms with E-state index in [0.717, 1.165) is 40.6 Å². The van der Waals surface area contributed by atoms with Crippen LogP contribution in [0.15, 0.2) is 42.9 Å². The number of nitrogens with zero attached hydrogens (tertiary/aromatic N) is 2. The number of aromatic nitrogens is 2. The summed E-state index contributed by atoms with van der Waals surface area (Å²) in [6.45, 7) is 4.59. The second kappa shape index (κ2) is 9.82. The van der Waals surface area contributed by atoms with Crippen LogP contribution in [0, 0.1) is 0 Å². The quantitative estimate of drug-likeness (QED) is 0.629. The van der Waals surface area contributed by atoms with Crippen LogP contribution in [-0.4, -0.2) is 51.2 Å². The van der Waals surface area contributed by atoms with Gasteiger partial charge in [-0.2, -0.15) is 13.2 Å². The van der Waals surface area contributed by atoms with E-state index < -0.39 is 12.1 Å². The van der Waals surface area contributed by atoms with Crippen molar-refractivity contribution >= 4 is 22.8 Å². The van der Waals surface area contributed by atoms with E-state index in [2.05, 4.69) is 9.97 Å². The lowest BCUT2D eigenvalue weighted by Gasteiger charge is -2.30. The maximum absolute atomic E-state index is 12.9. The van der Waals surface area contributed by atoms with Crippen LogP contribution >= 0.6 is 0 Å². The average molecular weight is 449 g/mol. The number of aromatic amines is 1. The van der Waals surface area contributed by atoms with Crippen LogP contribution in [0.25, 0.3) is 10.9 Å². The number of fused-ring (bicyclic) bond motifs is 2. The highest BCUT2D eigenvalue weighted by atomic mass is 19.4. The van der Waals surface area contributed by atoms with E-state index in [-0.39, 0.29) is 5.91 Å². The molecule has 0 bridgehead atoms. The number of aliphatic carboxylic acids is 1. The molecule has 32 heavy (non-hydrogen) atoms. The second-order valence-electron chi connectivity index (χ2n) is 7.13. The number of hydrogen-bond donors (Lipinski definition) is 2. The zero-order chi connectivity index (χ0) is 23.3. The predicted molar refractivity (Wildman–Crippen MR) is 110 cm³/mol. The summed E-state index contributed by atoms with van der Waals surface area (Å²) in [5.74, 6) is -2.68. The summed E-state index contributed by atoms with van der Waals surface area (Å²) in [4.78, 5) is 31.2. The first kappa shape index (κ1) is 23.3. The SMILES string of the molecule is CCOCc1cncc2c1CCN(C(=O)c1ccc3[nH]ccc3c1)C2.O=C(O)C(F)(F)F. The minimum absolute atomic E-state index is 0.0731. The van der Waals surface area contributed by atoms with Crippen molar-refractivity contribution in [3.63, 3.8) is 0 Å². The molecule has 1 aliphatic heterocycles. The largest absolute Gasteiger partial charge is 0.490 e. The minimum atomic E-state index is -5.08. The number of carbonyl (C=O) groups is 2. The van der Waals surface area contributed by atoms with Crippen LogP contribution in [0.5, 0.6) is 0 Å². The monoisotopic (exact) mass is 449 g/mol. The molecule has 10 heteroatoms. The molecule has 2 aromatic heterocycles. The first-order chi connectivity index (χ1) is 15.2. The van der Waals surface area contributed by atoms with Crippen LogP contribution in [0.3, 0.4) is 0 Å². The number of pyridine rings is 1. The summed E-state index contributed by atoms with van der Waals surface area (Å²) in [5, 5.41) is 8.18. The van der Waals surface area contributed by atoms with Gasteiger partial charge >= 0.3 is 12.1 Å². The van der Waals surface area contributed by atoms with Gasteiger partial charge in [-0.25, -0.2) is 4.79 Å². The van der Waals surface area contributed by atoms with Gasteiger partial charge in [0.2, 0.25) is 0 Å². The zero-order valence-electron chi connectivity index (χ0n) is 17.3. The molecule has 0 saturated carbocycles. The molecule has 0 unspecified atom stereocenters. The summed E-state index contributed by atoms with van der Waals surface area (Å²) < 4.78 is 37.3. The molecule has 7 nitrogen and oxygen atoms in total. The summed E-state index contributed by atoms with van der Waals surface area (Å²) in [6, 6.07) is 7.79. The van der Waals surface area contributed by atoms with Gasteiger partial charge in [-0.15, -0.1) is 0 Å². The number of amides is 1. The number of benzene rings is 1. The van der Waals surface area contributed by atoms with Crippen LogP contribution < -0.4 is 0 Å². The molecule has 4 rings (SSSR count). The topological polar surface area (TPSA) is 95.5 Å². The Morgan fingerprint density at radius 3 is 2.69 bits per heavy atom. The number of rotatable bonds is 4. The molecule has 1 amide bonds. The second-order valence-corrected chi connectivity index (χ2v) is 7.13. The van der Waals surface area contributed by atoms with Crippen molar-refractivity contribution in [3.8, 4) is 0 Å². The molecule has 0 fully saturated rings. The lowest BCUT2D eigenvalue weighted by atomic mass is 9.97. The van der Waals surface area contributed by atoms with Crippen LogP contribution in [0.2, 0.25) is 0 Å². The van der Waals surface area contributed by atoms with Gasteiger partial charge in [0.1, 0.15) is 0 Å². The van der Waals surface area contributed by atoms with E-state index in [1.54, 1.807) is 0 Å². The van der Waals surface area contributed by atoms with Gasteiger partial charge in [-0.1, -0.05) is 0 Å². The Morgan fingerprint density at radius 2 is 2.00 bits per heavy atom. The third kappa shape index (κ3) is 5.44. The first-order valence-corrected chi connectivity index (χ1v) is 9.89. The number of carboxylic acids is 1. The molecular formula is C22H22F3N3O4. The molecule has 1 aliphatic rings. The Morgan fingerprint density at radius 1 is 1.25 bits per heavy atom. The zero-order valence-corrected chi connectivity index (χ0v) is 17.3. The summed E-state index contributed by atoms with van der Waals surface area (Å²) in [7, 11) is 0. The molecule has 0 radical (unpaired) electrons. The lowest BCUT2D eigenvalue weighted by molar-refractivity contribution is -0.192. The summed E-state index contributed by atoms with van der Waals surface area (Å²) in [5.41, 5.74) is 5.33. The van der Waals surface area contributed by atoms with Crippen LogP contribution in [0.4, 0.5) is 13.2 Å². The summed E-state index contributed by atoms with van der Waals surface area (Å²) >= 11 is 0. The highest BCUT2D eigenvalue weighted by molar-refractivity contribution is 5.98. The standard InChI is InChI=1S/C20H21N3O2.C2HF3O2/c1-2-25-13-17-11-21-10-16-12-23(8-6-18(16)17)20(24)15-3-4-19-14(9-15)5-7-22-19;3-2(4,5)1(6)7/h3-5,7,9-11,22H,2,6,8,12-13H2,1H3;(H,6,7). The fraction of sp³-hybridized carbons (Fsp3) is 0.318. The van der Waals surface area contributed by atoms with Gasteiger partial charge < -0.3 is 19.7 Å². The highest BCUT2D eigenvalue weighted by Crippen LogP contribution is 2.24. The van der Waals surface area contributed by atoms with Crippen molar-refractivity contribution in [1.29, 1.82) is 0 Å². The van der Waals surface area contributed by atoms with Gasteiger partial charge in [0.05, 0.1) is 6.61 Å². The number of carbonyl (C=O) groups excluding carboxylic acids is 1. The van der Waals surface area contributed by atoms with E-state index in [9.17, 15) is 18.0 Å². The number of H-pyrrole nitrogens is 1. The maximum Gasteiger partial charge on any atom is 0.490 e. The van der Waals surface area contributed by atoms with Crippen molar-refractivity contribution < 1.29 is 32.6 Å². The number of nitrogens with one attached hydrogen (secondary N) is 1. The molecule has 170 valence electrons. The van der Waals surface area contributed by atoms with E-state index in [1.807, 2.05) is 54.7 Å². The van der Waals surface area contributed by atoms with Crippen molar-refractivity contribution in [2.75, 3.05) is 13.2 Å². The van der Waals surface area contributed by atoms with Gasteiger partial charge in [-0.05, 0) is 54.3 Å². The Labute approximate surface area is 181 Å². The maximum atomic E-state index is 12.9. The molecular weight excluding hydrogens is 427 g/mol. The molecule has 3 aromatic rings. The van der Waals surface area contributed by atoms with Crippen molar-refractivity contribution in [1.82, 2.24) is 14.9 Å². The Hall–Kier alpha value is -3.40. The number of carboxylic acid groups (broad SMARTS) is 1. The number of halogens is 3. The van der Waals surface area contributed by atoms with E-state index >= 15 is 0 Å². The Balaban J connectivity index is 0.000000360. The van der Waals surface area contributed by atoms with Gasteiger partial charge in [0.15, 0.2) is 0 Å². The number of hydrogen-bond acceptors (Lipinski definition) is 4. The fourth-order valence-corrected chi connectivity index (χ4v) is 3.45. The molecule has 0 saturated heterocycles. The van der Waals surface area contributed by atoms with E-state index in [0.29, 0.717) is 19.8 Å². The molecule has 0 spiro atoms. The molecule has 2 N–H and O–H groups in total. The van der Waals surface area contributed by atoms with Gasteiger partial charge in [0, 0.05) is 54.8 Å². The Bertz CT molecular complexity index is 1110. The smallest absolute Gasteiger partial charge is 0.475 e. The third-order valence-electron chi connectivity index (χ3n) is 5.02. The predicted octanol–water partition coefficient (Wildman–Crippen LogP) is 3.93. The Kier molecular flexibility index (Phi) is 7.14. The molecule has 0 atom stereocenters.